The number of benzene rings is 2. The Labute approximate surface area is 214 Å². The molecule has 2 unspecified atom stereocenters. The summed E-state index contributed by atoms with van der Waals surface area (Å²) in [5, 5.41) is 6.38. The second-order valence-corrected chi connectivity index (χ2v) is 10.00. The van der Waals surface area contributed by atoms with Crippen LogP contribution in [-0.4, -0.2) is 54.3 Å². The summed E-state index contributed by atoms with van der Waals surface area (Å²) >= 11 is 0. The lowest BCUT2D eigenvalue weighted by molar-refractivity contribution is 0.287. The van der Waals surface area contributed by atoms with E-state index in [0.29, 0.717) is 43.3 Å². The Morgan fingerprint density at radius 2 is 1.76 bits per heavy atom. The van der Waals surface area contributed by atoms with Crippen molar-refractivity contribution in [1.82, 2.24) is 15.3 Å². The molecule has 0 bridgehead atoms. The van der Waals surface area contributed by atoms with Gasteiger partial charge in [0.2, 0.25) is 5.95 Å². The molecule has 2 aliphatic heterocycles. The molecule has 1 fully saturated rings. The Kier molecular flexibility index (Phi) is 6.85. The summed E-state index contributed by atoms with van der Waals surface area (Å²) in [5.41, 5.74) is 1.70. The Bertz CT molecular complexity index is 1290. The molecular formula is C27H31F3N6O. The predicted molar refractivity (Wildman–Crippen MR) is 139 cm³/mol. The van der Waals surface area contributed by atoms with E-state index in [0.717, 1.165) is 6.20 Å². The van der Waals surface area contributed by atoms with Crippen molar-refractivity contribution in [2.24, 2.45) is 0 Å². The molecule has 7 nitrogen and oxygen atoms in total. The predicted octanol–water partition coefficient (Wildman–Crippen LogP) is 5.10. The van der Waals surface area contributed by atoms with Crippen LogP contribution in [0.3, 0.4) is 0 Å². The first kappa shape index (κ1) is 25.1. The number of hydrogen-bond donors (Lipinski definition) is 2. The number of rotatable bonds is 5. The number of halogens is 3. The van der Waals surface area contributed by atoms with Crippen molar-refractivity contribution in [2.75, 3.05) is 41.4 Å². The largest absolute Gasteiger partial charge is 0.486 e. The second-order valence-electron chi connectivity index (χ2n) is 10.00. The van der Waals surface area contributed by atoms with Gasteiger partial charge in [0, 0.05) is 42.5 Å². The first-order valence-corrected chi connectivity index (χ1v) is 12.5. The Balaban J connectivity index is 1.42. The van der Waals surface area contributed by atoms with Gasteiger partial charge in [-0.3, -0.25) is 0 Å². The maximum Gasteiger partial charge on any atom is 0.227 e. The van der Waals surface area contributed by atoms with E-state index in [4.69, 9.17) is 4.74 Å². The Hall–Kier alpha value is -3.53. The molecule has 3 heterocycles. The third-order valence-corrected chi connectivity index (χ3v) is 6.65. The van der Waals surface area contributed by atoms with Crippen molar-refractivity contribution in [3.63, 3.8) is 0 Å². The SMILES string of the molecule is CC1CN(c2ccc(Nc3ncc(F)c(-c4cc(F)c5c(c4)N(C(C)C)CCO5)n3)cc2F)CC(C)N1. The number of piperazine rings is 1. The monoisotopic (exact) mass is 512 g/mol. The van der Waals surface area contributed by atoms with Gasteiger partial charge in [0.05, 0.1) is 24.1 Å². The fourth-order valence-corrected chi connectivity index (χ4v) is 5.10. The van der Waals surface area contributed by atoms with Crippen LogP contribution in [0.1, 0.15) is 27.7 Å². The molecule has 2 atom stereocenters. The second kappa shape index (κ2) is 10.1. The minimum absolute atomic E-state index is 0.0608. The zero-order valence-electron chi connectivity index (χ0n) is 21.4. The Morgan fingerprint density at radius 3 is 2.46 bits per heavy atom. The molecule has 10 heteroatoms. The lowest BCUT2D eigenvalue weighted by atomic mass is 10.1. The summed E-state index contributed by atoms with van der Waals surface area (Å²) in [7, 11) is 0. The van der Waals surface area contributed by atoms with Crippen molar-refractivity contribution in [2.45, 2.75) is 45.8 Å². The molecule has 2 N–H and O–H groups in total. The van der Waals surface area contributed by atoms with E-state index in [-0.39, 0.29) is 46.9 Å². The minimum Gasteiger partial charge on any atom is -0.486 e. The number of nitrogens with one attached hydrogen (secondary N) is 2. The lowest BCUT2D eigenvalue weighted by Crippen LogP contribution is -2.54. The third kappa shape index (κ3) is 5.16. The van der Waals surface area contributed by atoms with Crippen LogP contribution in [0.5, 0.6) is 5.75 Å². The zero-order valence-corrected chi connectivity index (χ0v) is 21.4. The molecular weight excluding hydrogens is 481 g/mol. The van der Waals surface area contributed by atoms with E-state index in [2.05, 4.69) is 34.4 Å². The van der Waals surface area contributed by atoms with Crippen LogP contribution in [0.25, 0.3) is 11.3 Å². The molecule has 0 saturated carbocycles. The number of aromatic nitrogens is 2. The number of nitrogens with zero attached hydrogens (tertiary/aromatic N) is 4. The van der Waals surface area contributed by atoms with Crippen LogP contribution in [0.15, 0.2) is 36.5 Å². The molecule has 196 valence electrons. The summed E-state index contributed by atoms with van der Waals surface area (Å²) in [6.45, 7) is 10.5. The van der Waals surface area contributed by atoms with E-state index in [1.54, 1.807) is 18.2 Å². The minimum atomic E-state index is -0.693. The maximum atomic E-state index is 15.0. The molecule has 5 rings (SSSR count). The average Bonchev–Trinajstić information content (AvgIpc) is 2.84. The normalized spacial score (nSPS) is 19.6. The van der Waals surface area contributed by atoms with Gasteiger partial charge < -0.3 is 25.2 Å². The van der Waals surface area contributed by atoms with Gasteiger partial charge in [0.15, 0.2) is 17.4 Å². The van der Waals surface area contributed by atoms with E-state index >= 15 is 4.39 Å². The average molecular weight is 513 g/mol. The molecule has 0 aliphatic carbocycles. The molecule has 37 heavy (non-hydrogen) atoms. The molecule has 3 aromatic rings. The number of ether oxygens (including phenoxy) is 1. The van der Waals surface area contributed by atoms with E-state index < -0.39 is 11.6 Å². The van der Waals surface area contributed by atoms with Crippen LogP contribution in [0.2, 0.25) is 0 Å². The molecule has 0 spiro atoms. The summed E-state index contributed by atoms with van der Waals surface area (Å²) in [6, 6.07) is 8.31. The first-order valence-electron chi connectivity index (χ1n) is 12.5. The van der Waals surface area contributed by atoms with Gasteiger partial charge in [-0.2, -0.15) is 0 Å². The Morgan fingerprint density at radius 1 is 1.00 bits per heavy atom. The van der Waals surface area contributed by atoms with E-state index in [9.17, 15) is 8.78 Å². The van der Waals surface area contributed by atoms with Gasteiger partial charge in [-0.15, -0.1) is 0 Å². The summed E-state index contributed by atoms with van der Waals surface area (Å²) in [5.74, 6) is -1.43. The van der Waals surface area contributed by atoms with Gasteiger partial charge in [-0.1, -0.05) is 0 Å². The van der Waals surface area contributed by atoms with Gasteiger partial charge >= 0.3 is 0 Å². The van der Waals surface area contributed by atoms with Crippen molar-refractivity contribution in [3.8, 4) is 17.0 Å². The molecule has 2 aromatic carbocycles. The van der Waals surface area contributed by atoms with Crippen molar-refractivity contribution < 1.29 is 17.9 Å². The van der Waals surface area contributed by atoms with E-state index in [1.807, 2.05) is 23.6 Å². The molecule has 1 saturated heterocycles. The molecule has 0 amide bonds. The van der Waals surface area contributed by atoms with Crippen LogP contribution >= 0.6 is 0 Å². The van der Waals surface area contributed by atoms with Crippen molar-refractivity contribution >= 4 is 23.0 Å². The smallest absolute Gasteiger partial charge is 0.227 e. The molecule has 0 radical (unpaired) electrons. The van der Waals surface area contributed by atoms with E-state index in [1.165, 1.54) is 12.1 Å². The maximum absolute atomic E-state index is 15.0. The zero-order chi connectivity index (χ0) is 26.3. The number of hydrogen-bond acceptors (Lipinski definition) is 7. The van der Waals surface area contributed by atoms with Gasteiger partial charge in [0.1, 0.15) is 18.1 Å². The van der Waals surface area contributed by atoms with Gasteiger partial charge in [-0.05, 0) is 58.0 Å². The molecule has 2 aliphatic rings. The topological polar surface area (TPSA) is 65.5 Å². The highest BCUT2D eigenvalue weighted by Gasteiger charge is 2.26. The fourth-order valence-electron chi connectivity index (χ4n) is 5.10. The van der Waals surface area contributed by atoms with Crippen LogP contribution < -0.4 is 25.2 Å². The number of fused-ring (bicyclic) bond motifs is 1. The lowest BCUT2D eigenvalue weighted by Gasteiger charge is -2.37. The quantitative estimate of drug-likeness (QED) is 0.493. The third-order valence-electron chi connectivity index (χ3n) is 6.65. The van der Waals surface area contributed by atoms with Crippen molar-refractivity contribution in [3.05, 3.63) is 54.0 Å². The summed E-state index contributed by atoms with van der Waals surface area (Å²) < 4.78 is 50.3. The summed E-state index contributed by atoms with van der Waals surface area (Å²) in [6.07, 6.45) is 1.02. The van der Waals surface area contributed by atoms with Gasteiger partial charge in [-0.25, -0.2) is 23.1 Å². The van der Waals surface area contributed by atoms with Crippen LogP contribution in [0.4, 0.5) is 36.2 Å². The molecule has 1 aromatic heterocycles. The highest BCUT2D eigenvalue weighted by atomic mass is 19.1. The van der Waals surface area contributed by atoms with Crippen LogP contribution in [0, 0.1) is 17.5 Å². The van der Waals surface area contributed by atoms with Gasteiger partial charge in [0.25, 0.3) is 0 Å². The summed E-state index contributed by atoms with van der Waals surface area (Å²) in [4.78, 5) is 12.3. The van der Waals surface area contributed by atoms with Crippen molar-refractivity contribution in [1.29, 1.82) is 0 Å². The standard InChI is InChI=1S/C27H31F3N6O/c1-15(2)36-7-8-37-26-21(29)9-18(10-24(26)36)25-22(30)12-31-27(34-25)33-19-5-6-23(20(28)11-19)35-13-16(3)32-17(4)14-35/h5-6,9-12,15-17,32H,7-8,13-14H2,1-4H3,(H,31,33,34). The highest BCUT2D eigenvalue weighted by Crippen LogP contribution is 2.39. The first-order chi connectivity index (χ1) is 17.7. The number of anilines is 4. The van der Waals surface area contributed by atoms with Crippen LogP contribution in [-0.2, 0) is 0 Å². The highest BCUT2D eigenvalue weighted by molar-refractivity contribution is 5.73. The fraction of sp³-hybridized carbons (Fsp3) is 0.407.